The molecule has 0 bridgehead atoms. The first-order chi connectivity index (χ1) is 10.2. The highest BCUT2D eigenvalue weighted by molar-refractivity contribution is 7.98. The van der Waals surface area contributed by atoms with Gasteiger partial charge in [0.05, 0.1) is 10.2 Å². The van der Waals surface area contributed by atoms with Crippen molar-refractivity contribution in [2.75, 3.05) is 12.0 Å². The molecule has 2 aromatic heterocycles. The second-order valence-electron chi connectivity index (χ2n) is 4.09. The third-order valence-electron chi connectivity index (χ3n) is 2.86. The van der Waals surface area contributed by atoms with E-state index in [4.69, 9.17) is 11.0 Å². The molecule has 1 aromatic carbocycles. The quantitative estimate of drug-likeness (QED) is 0.729. The Morgan fingerprint density at radius 1 is 1.48 bits per heavy atom. The number of nitrogens with two attached hydrogens (primary N) is 1. The van der Waals surface area contributed by atoms with Gasteiger partial charge in [0.2, 0.25) is 0 Å². The lowest BCUT2D eigenvalue weighted by atomic mass is 10.3. The highest BCUT2D eigenvalue weighted by Gasteiger charge is 2.22. The number of para-hydroxylation sites is 1. The molecule has 3 rings (SSSR count). The summed E-state index contributed by atoms with van der Waals surface area (Å²) in [5, 5.41) is 13.9. The van der Waals surface area contributed by atoms with E-state index in [0.29, 0.717) is 10.0 Å². The van der Waals surface area contributed by atoms with Crippen molar-refractivity contribution in [2.24, 2.45) is 0 Å². The first-order valence-electron chi connectivity index (χ1n) is 5.88. The molecule has 21 heavy (non-hydrogen) atoms. The third-order valence-corrected chi connectivity index (χ3v) is 4.56. The van der Waals surface area contributed by atoms with Gasteiger partial charge in [-0.15, -0.1) is 23.1 Å². The maximum absolute atomic E-state index is 12.5. The van der Waals surface area contributed by atoms with Crippen molar-refractivity contribution in [1.29, 1.82) is 5.26 Å². The largest absolute Gasteiger partial charge is 0.382 e. The Morgan fingerprint density at radius 2 is 2.24 bits per heavy atom. The molecular formula is C13H9N5OS2. The molecule has 0 saturated heterocycles. The molecule has 0 fully saturated rings. The van der Waals surface area contributed by atoms with Crippen molar-refractivity contribution < 1.29 is 4.79 Å². The zero-order valence-corrected chi connectivity index (χ0v) is 12.5. The first kappa shape index (κ1) is 13.6. The minimum Gasteiger partial charge on any atom is -0.382 e. The van der Waals surface area contributed by atoms with Crippen molar-refractivity contribution >= 4 is 45.0 Å². The van der Waals surface area contributed by atoms with Crippen molar-refractivity contribution in [1.82, 2.24) is 14.8 Å². The van der Waals surface area contributed by atoms with Crippen molar-refractivity contribution in [3.05, 3.63) is 34.8 Å². The molecule has 2 N–H and O–H groups in total. The van der Waals surface area contributed by atoms with Gasteiger partial charge in [0.15, 0.2) is 5.01 Å². The van der Waals surface area contributed by atoms with Gasteiger partial charge in [0.25, 0.3) is 0 Å². The third kappa shape index (κ3) is 2.16. The topological polar surface area (TPSA) is 97.6 Å². The molecule has 0 spiro atoms. The van der Waals surface area contributed by atoms with E-state index in [0.717, 1.165) is 14.9 Å². The summed E-state index contributed by atoms with van der Waals surface area (Å²) in [5.74, 6) is -0.378. The highest BCUT2D eigenvalue weighted by atomic mass is 32.2. The number of fused-ring (bicyclic) bond motifs is 1. The number of thioether (sulfide) groups is 1. The van der Waals surface area contributed by atoms with E-state index in [1.807, 2.05) is 30.3 Å². The summed E-state index contributed by atoms with van der Waals surface area (Å²) in [7, 11) is 0. The normalized spacial score (nSPS) is 10.7. The Bertz CT molecular complexity index is 857. The van der Waals surface area contributed by atoms with Gasteiger partial charge in [-0.05, 0) is 18.4 Å². The van der Waals surface area contributed by atoms with Crippen LogP contribution in [0.3, 0.4) is 0 Å². The number of nitrogen functional groups attached to an aromatic ring is 1. The van der Waals surface area contributed by atoms with Crippen LogP contribution >= 0.6 is 23.1 Å². The predicted octanol–water partition coefficient (Wildman–Crippen LogP) is 2.36. The molecule has 0 radical (unpaired) electrons. The number of carbonyl (C=O) groups is 1. The number of carbonyl (C=O) groups excluding carboxylic acids is 1. The van der Waals surface area contributed by atoms with Crippen LogP contribution < -0.4 is 5.73 Å². The summed E-state index contributed by atoms with van der Waals surface area (Å²) in [5.41, 5.74) is 6.81. The average Bonchev–Trinajstić information content (AvgIpc) is 3.07. The minimum absolute atomic E-state index is 0.0473. The Morgan fingerprint density at radius 3 is 2.86 bits per heavy atom. The van der Waals surface area contributed by atoms with Crippen LogP contribution in [-0.2, 0) is 0 Å². The fourth-order valence-electron chi connectivity index (χ4n) is 1.87. The Labute approximate surface area is 128 Å². The maximum atomic E-state index is 12.5. The van der Waals surface area contributed by atoms with Gasteiger partial charge in [-0.1, -0.05) is 12.1 Å². The number of rotatable bonds is 2. The minimum atomic E-state index is -0.425. The van der Waals surface area contributed by atoms with Gasteiger partial charge in [0, 0.05) is 0 Å². The number of nitriles is 1. The van der Waals surface area contributed by atoms with Gasteiger partial charge in [0.1, 0.15) is 22.5 Å². The molecule has 0 atom stereocenters. The molecule has 0 saturated carbocycles. The summed E-state index contributed by atoms with van der Waals surface area (Å²) >= 11 is 2.54. The van der Waals surface area contributed by atoms with Gasteiger partial charge < -0.3 is 5.73 Å². The van der Waals surface area contributed by atoms with Crippen LogP contribution in [0.25, 0.3) is 10.2 Å². The zero-order valence-electron chi connectivity index (χ0n) is 10.9. The van der Waals surface area contributed by atoms with Crippen LogP contribution in [0.1, 0.15) is 15.4 Å². The van der Waals surface area contributed by atoms with Gasteiger partial charge in [-0.2, -0.15) is 15.0 Å². The summed E-state index contributed by atoms with van der Waals surface area (Å²) in [6.45, 7) is 0. The van der Waals surface area contributed by atoms with Crippen LogP contribution in [0.15, 0.2) is 29.3 Å². The summed E-state index contributed by atoms with van der Waals surface area (Å²) in [4.78, 5) is 16.8. The molecule has 3 aromatic rings. The Balaban J connectivity index is 2.10. The van der Waals surface area contributed by atoms with Crippen molar-refractivity contribution in [3.8, 4) is 6.07 Å². The van der Waals surface area contributed by atoms with E-state index in [-0.39, 0.29) is 11.4 Å². The predicted molar refractivity (Wildman–Crippen MR) is 82.5 cm³/mol. The fraction of sp³-hybridized carbons (Fsp3) is 0.0769. The van der Waals surface area contributed by atoms with E-state index in [9.17, 15) is 4.79 Å². The molecule has 104 valence electrons. The number of nitrogens with zero attached hydrogens (tertiary/aromatic N) is 4. The zero-order chi connectivity index (χ0) is 15.0. The summed E-state index contributed by atoms with van der Waals surface area (Å²) in [6, 6.07) is 9.44. The number of hydrogen-bond donors (Lipinski definition) is 1. The molecule has 2 heterocycles. The Kier molecular flexibility index (Phi) is 3.37. The van der Waals surface area contributed by atoms with Crippen LogP contribution in [0.5, 0.6) is 0 Å². The van der Waals surface area contributed by atoms with Gasteiger partial charge >= 0.3 is 5.91 Å². The summed E-state index contributed by atoms with van der Waals surface area (Å²) < 4.78 is 1.96. The molecule has 0 amide bonds. The second-order valence-corrected chi connectivity index (χ2v) is 5.91. The van der Waals surface area contributed by atoms with Crippen LogP contribution in [0.2, 0.25) is 0 Å². The second kappa shape index (κ2) is 5.20. The van der Waals surface area contributed by atoms with E-state index in [2.05, 4.69) is 10.1 Å². The van der Waals surface area contributed by atoms with Crippen molar-refractivity contribution in [2.45, 2.75) is 5.03 Å². The van der Waals surface area contributed by atoms with E-state index < -0.39 is 5.91 Å². The van der Waals surface area contributed by atoms with E-state index in [1.54, 1.807) is 6.26 Å². The molecule has 6 nitrogen and oxygen atoms in total. The first-order valence-corrected chi connectivity index (χ1v) is 7.92. The Hall–Kier alpha value is -2.37. The molecule has 0 aliphatic rings. The maximum Gasteiger partial charge on any atom is 0.309 e. The van der Waals surface area contributed by atoms with Gasteiger partial charge in [-0.25, -0.2) is 4.98 Å². The molecule has 0 unspecified atom stereocenters. The van der Waals surface area contributed by atoms with E-state index in [1.165, 1.54) is 23.1 Å². The monoisotopic (exact) mass is 315 g/mol. The molecule has 8 heteroatoms. The number of anilines is 1. The standard InChI is InChI=1S/C13H9N5OS2/c1-20-11-7(6-14)10(15)18(17-11)13(19)12-16-8-4-2-3-5-9(8)21-12/h2-5H,15H2,1H3. The number of hydrogen-bond acceptors (Lipinski definition) is 7. The van der Waals surface area contributed by atoms with Crippen LogP contribution in [-0.4, -0.2) is 26.9 Å². The SMILES string of the molecule is CSc1nn(C(=O)c2nc3ccccc3s2)c(N)c1C#N. The van der Waals surface area contributed by atoms with Gasteiger partial charge in [-0.3, -0.25) is 4.79 Å². The molecular weight excluding hydrogens is 306 g/mol. The molecule has 0 aliphatic carbocycles. The average molecular weight is 315 g/mol. The highest BCUT2D eigenvalue weighted by Crippen LogP contribution is 2.26. The number of thiazole rings is 1. The van der Waals surface area contributed by atoms with E-state index >= 15 is 0 Å². The number of aromatic nitrogens is 3. The number of benzene rings is 1. The lowest BCUT2D eigenvalue weighted by molar-refractivity contribution is 0.0946. The van der Waals surface area contributed by atoms with Crippen molar-refractivity contribution in [3.63, 3.8) is 0 Å². The van der Waals surface area contributed by atoms with Crippen LogP contribution in [0.4, 0.5) is 5.82 Å². The fourth-order valence-corrected chi connectivity index (χ4v) is 3.28. The summed E-state index contributed by atoms with van der Waals surface area (Å²) in [6.07, 6.45) is 1.77. The lowest BCUT2D eigenvalue weighted by Crippen LogP contribution is -2.16. The molecule has 0 aliphatic heterocycles. The lowest BCUT2D eigenvalue weighted by Gasteiger charge is -1.98. The van der Waals surface area contributed by atoms with Crippen LogP contribution in [0, 0.1) is 11.3 Å². The smallest absolute Gasteiger partial charge is 0.309 e.